The summed E-state index contributed by atoms with van der Waals surface area (Å²) in [5, 5.41) is 5.86. The van der Waals surface area contributed by atoms with Gasteiger partial charge in [0.25, 0.3) is 5.91 Å². The van der Waals surface area contributed by atoms with Crippen molar-refractivity contribution < 1.29 is 9.59 Å². The van der Waals surface area contributed by atoms with Crippen LogP contribution in [0.4, 0.5) is 5.69 Å². The molecule has 150 valence electrons. The lowest BCUT2D eigenvalue weighted by molar-refractivity contribution is -0.123. The Hall–Kier alpha value is -1.88. The number of nitrogens with one attached hydrogen (secondary N) is 2. The Labute approximate surface area is 163 Å². The normalized spacial score (nSPS) is 20.9. The van der Waals surface area contributed by atoms with E-state index in [2.05, 4.69) is 29.4 Å². The number of rotatable bonds is 6. The number of benzene rings is 1. The number of carbonyl (C=O) groups excluding carboxylic acids is 2. The fraction of sp³-hybridized carbons (Fsp3) is 0.636. The molecule has 0 bridgehead atoms. The molecule has 2 amide bonds. The van der Waals surface area contributed by atoms with E-state index in [0.717, 1.165) is 37.9 Å². The van der Waals surface area contributed by atoms with E-state index in [1.807, 2.05) is 20.8 Å². The van der Waals surface area contributed by atoms with Gasteiger partial charge in [0.05, 0.1) is 0 Å². The maximum absolute atomic E-state index is 12.4. The van der Waals surface area contributed by atoms with Crippen molar-refractivity contribution in [2.75, 3.05) is 31.5 Å². The summed E-state index contributed by atoms with van der Waals surface area (Å²) in [6.45, 7) is 14.2. The Morgan fingerprint density at radius 1 is 1.15 bits per heavy atom. The highest BCUT2D eigenvalue weighted by molar-refractivity contribution is 5.98. The molecular weight excluding hydrogens is 338 g/mol. The molecule has 0 spiro atoms. The van der Waals surface area contributed by atoms with Crippen LogP contribution in [-0.4, -0.2) is 42.9 Å². The van der Waals surface area contributed by atoms with Crippen molar-refractivity contribution in [3.8, 4) is 0 Å². The molecule has 1 heterocycles. The molecule has 2 atom stereocenters. The number of likely N-dealkylation sites (tertiary alicyclic amines) is 1. The second kappa shape index (κ2) is 9.36. The Bertz CT molecular complexity index is 641. The van der Waals surface area contributed by atoms with Crippen LogP contribution in [-0.2, 0) is 4.79 Å². The van der Waals surface area contributed by atoms with E-state index in [0.29, 0.717) is 17.8 Å². The van der Waals surface area contributed by atoms with E-state index in [1.54, 1.807) is 24.3 Å². The van der Waals surface area contributed by atoms with Gasteiger partial charge in [-0.05, 0) is 49.4 Å². The summed E-state index contributed by atoms with van der Waals surface area (Å²) < 4.78 is 0. The lowest BCUT2D eigenvalue weighted by Gasteiger charge is -2.34. The monoisotopic (exact) mass is 373 g/mol. The number of amides is 2. The van der Waals surface area contributed by atoms with Crippen molar-refractivity contribution in [3.63, 3.8) is 0 Å². The van der Waals surface area contributed by atoms with Gasteiger partial charge in [0.2, 0.25) is 5.91 Å². The number of carbonyl (C=O) groups is 2. The number of piperidine rings is 1. The molecule has 27 heavy (non-hydrogen) atoms. The molecular formula is C22H35N3O2. The Kier molecular flexibility index (Phi) is 7.42. The maximum Gasteiger partial charge on any atom is 0.251 e. The lowest BCUT2D eigenvalue weighted by atomic mass is 9.92. The first-order valence-corrected chi connectivity index (χ1v) is 10.1. The molecule has 2 rings (SSSR count). The van der Waals surface area contributed by atoms with Gasteiger partial charge < -0.3 is 15.5 Å². The van der Waals surface area contributed by atoms with E-state index < -0.39 is 5.41 Å². The molecule has 1 aromatic carbocycles. The zero-order valence-electron chi connectivity index (χ0n) is 17.5. The molecule has 0 aromatic heterocycles. The molecule has 1 aliphatic heterocycles. The van der Waals surface area contributed by atoms with Gasteiger partial charge in [0, 0.05) is 36.3 Å². The van der Waals surface area contributed by atoms with E-state index in [4.69, 9.17) is 0 Å². The van der Waals surface area contributed by atoms with Gasteiger partial charge in [0.15, 0.2) is 0 Å². The largest absolute Gasteiger partial charge is 0.352 e. The SMILES string of the molecule is CC1CC(C)CN(CCCNC(=O)c2cccc(NC(=O)C(C)(C)C)c2)C1. The standard InChI is InChI=1S/C22H35N3O2/c1-16-12-17(2)15-25(14-16)11-7-10-23-20(26)18-8-6-9-19(13-18)24-21(27)22(3,4)5/h6,8-9,13,16-17H,7,10-12,14-15H2,1-5H3,(H,23,26)(H,24,27). The van der Waals surface area contributed by atoms with Crippen molar-refractivity contribution in [2.45, 2.75) is 47.5 Å². The van der Waals surface area contributed by atoms with E-state index >= 15 is 0 Å². The van der Waals surface area contributed by atoms with Crippen LogP contribution in [0.15, 0.2) is 24.3 Å². The molecule has 0 saturated carbocycles. The fourth-order valence-electron chi connectivity index (χ4n) is 3.64. The highest BCUT2D eigenvalue weighted by Crippen LogP contribution is 2.21. The summed E-state index contributed by atoms with van der Waals surface area (Å²) in [7, 11) is 0. The van der Waals surface area contributed by atoms with Gasteiger partial charge in [-0.25, -0.2) is 0 Å². The van der Waals surface area contributed by atoms with Crippen LogP contribution in [0.1, 0.15) is 57.8 Å². The molecule has 0 radical (unpaired) electrons. The molecule has 0 aliphatic carbocycles. The Morgan fingerprint density at radius 3 is 2.44 bits per heavy atom. The maximum atomic E-state index is 12.4. The van der Waals surface area contributed by atoms with Crippen molar-refractivity contribution in [1.82, 2.24) is 10.2 Å². The van der Waals surface area contributed by atoms with E-state index in [9.17, 15) is 9.59 Å². The predicted molar refractivity (Wildman–Crippen MR) is 111 cm³/mol. The van der Waals surface area contributed by atoms with Crippen LogP contribution >= 0.6 is 0 Å². The zero-order valence-corrected chi connectivity index (χ0v) is 17.5. The van der Waals surface area contributed by atoms with Gasteiger partial charge >= 0.3 is 0 Å². The van der Waals surface area contributed by atoms with Crippen LogP contribution in [0.25, 0.3) is 0 Å². The molecule has 1 aliphatic rings. The number of nitrogens with zero attached hydrogens (tertiary/aromatic N) is 1. The fourth-order valence-corrected chi connectivity index (χ4v) is 3.64. The summed E-state index contributed by atoms with van der Waals surface area (Å²) >= 11 is 0. The molecule has 1 aromatic rings. The predicted octanol–water partition coefficient (Wildman–Crippen LogP) is 3.77. The molecule has 5 heteroatoms. The van der Waals surface area contributed by atoms with Gasteiger partial charge in [-0.15, -0.1) is 0 Å². The highest BCUT2D eigenvalue weighted by Gasteiger charge is 2.22. The Balaban J connectivity index is 1.79. The summed E-state index contributed by atoms with van der Waals surface area (Å²) in [6.07, 6.45) is 2.26. The van der Waals surface area contributed by atoms with Crippen molar-refractivity contribution in [2.24, 2.45) is 17.3 Å². The third kappa shape index (κ3) is 6.98. The first kappa shape index (κ1) is 21.4. The van der Waals surface area contributed by atoms with Crippen molar-refractivity contribution >= 4 is 17.5 Å². The third-order valence-electron chi connectivity index (χ3n) is 4.94. The number of hydrogen-bond acceptors (Lipinski definition) is 3. The minimum absolute atomic E-state index is 0.0648. The van der Waals surface area contributed by atoms with Crippen LogP contribution in [0.3, 0.4) is 0 Å². The molecule has 1 saturated heterocycles. The van der Waals surface area contributed by atoms with E-state index in [-0.39, 0.29) is 11.8 Å². The van der Waals surface area contributed by atoms with Crippen LogP contribution in [0.5, 0.6) is 0 Å². The van der Waals surface area contributed by atoms with Crippen LogP contribution < -0.4 is 10.6 Å². The van der Waals surface area contributed by atoms with Crippen LogP contribution in [0.2, 0.25) is 0 Å². The van der Waals surface area contributed by atoms with Gasteiger partial charge in [-0.3, -0.25) is 9.59 Å². The third-order valence-corrected chi connectivity index (χ3v) is 4.94. The van der Waals surface area contributed by atoms with Crippen molar-refractivity contribution in [3.05, 3.63) is 29.8 Å². The molecule has 1 fully saturated rings. The minimum Gasteiger partial charge on any atom is -0.352 e. The summed E-state index contributed by atoms with van der Waals surface area (Å²) in [5.41, 5.74) is 0.752. The average Bonchev–Trinajstić information content (AvgIpc) is 2.57. The van der Waals surface area contributed by atoms with Gasteiger partial charge in [-0.1, -0.05) is 40.7 Å². The van der Waals surface area contributed by atoms with Gasteiger partial charge in [0.1, 0.15) is 0 Å². The summed E-state index contributed by atoms with van der Waals surface area (Å²) in [6, 6.07) is 7.10. The number of anilines is 1. The first-order valence-electron chi connectivity index (χ1n) is 10.1. The molecule has 2 unspecified atom stereocenters. The average molecular weight is 374 g/mol. The Morgan fingerprint density at radius 2 is 1.81 bits per heavy atom. The summed E-state index contributed by atoms with van der Waals surface area (Å²) in [4.78, 5) is 27.0. The van der Waals surface area contributed by atoms with Gasteiger partial charge in [-0.2, -0.15) is 0 Å². The minimum atomic E-state index is -0.471. The van der Waals surface area contributed by atoms with E-state index in [1.165, 1.54) is 6.42 Å². The quantitative estimate of drug-likeness (QED) is 0.746. The number of hydrogen-bond donors (Lipinski definition) is 2. The lowest BCUT2D eigenvalue weighted by Crippen LogP contribution is -2.40. The smallest absolute Gasteiger partial charge is 0.251 e. The second-order valence-corrected chi connectivity index (χ2v) is 9.10. The zero-order chi connectivity index (χ0) is 20.0. The van der Waals surface area contributed by atoms with Crippen molar-refractivity contribution in [1.29, 1.82) is 0 Å². The second-order valence-electron chi connectivity index (χ2n) is 9.10. The highest BCUT2D eigenvalue weighted by atomic mass is 16.2. The summed E-state index contributed by atoms with van der Waals surface area (Å²) in [5.74, 6) is 1.36. The topological polar surface area (TPSA) is 61.4 Å². The first-order chi connectivity index (χ1) is 12.6. The molecule has 5 nitrogen and oxygen atoms in total. The van der Waals surface area contributed by atoms with Crippen LogP contribution in [0, 0.1) is 17.3 Å². The molecule has 2 N–H and O–H groups in total.